The van der Waals surface area contributed by atoms with Crippen LogP contribution in [-0.2, 0) is 4.79 Å². The number of hydrogen-bond donors (Lipinski definition) is 1. The summed E-state index contributed by atoms with van der Waals surface area (Å²) in [5.41, 5.74) is 0. The topological polar surface area (TPSA) is 32.3 Å². The Labute approximate surface area is 110 Å². The van der Waals surface area contributed by atoms with Crippen molar-refractivity contribution in [3.63, 3.8) is 0 Å². The molecule has 2 heterocycles. The van der Waals surface area contributed by atoms with E-state index in [4.69, 9.17) is 0 Å². The molecule has 0 aromatic carbocycles. The Morgan fingerprint density at radius 3 is 2.44 bits per heavy atom. The summed E-state index contributed by atoms with van der Waals surface area (Å²) >= 11 is 0. The predicted octanol–water partition coefficient (Wildman–Crippen LogP) is 2.02. The molecule has 0 aromatic rings. The van der Waals surface area contributed by atoms with Gasteiger partial charge in [0, 0.05) is 19.0 Å². The average molecular weight is 250 g/mol. The molecule has 3 aliphatic rings. The lowest BCUT2D eigenvalue weighted by Gasteiger charge is -2.42. The van der Waals surface area contributed by atoms with Gasteiger partial charge in [0.15, 0.2) is 0 Å². The van der Waals surface area contributed by atoms with E-state index in [0.717, 1.165) is 50.9 Å². The van der Waals surface area contributed by atoms with E-state index in [9.17, 15) is 4.79 Å². The van der Waals surface area contributed by atoms with E-state index in [-0.39, 0.29) is 0 Å². The fraction of sp³-hybridized carbons (Fsp3) is 0.933. The first-order valence-electron chi connectivity index (χ1n) is 7.84. The highest BCUT2D eigenvalue weighted by Crippen LogP contribution is 2.36. The first-order chi connectivity index (χ1) is 8.84. The normalized spacial score (nSPS) is 34.1. The Bertz CT molecular complexity index is 299. The zero-order chi connectivity index (χ0) is 12.4. The second kappa shape index (κ2) is 5.60. The molecular weight excluding hydrogens is 224 g/mol. The molecule has 0 bridgehead atoms. The molecule has 1 amide bonds. The molecule has 102 valence electrons. The Morgan fingerprint density at radius 1 is 0.944 bits per heavy atom. The highest BCUT2D eigenvalue weighted by molar-refractivity contribution is 5.79. The van der Waals surface area contributed by atoms with Crippen LogP contribution in [0.5, 0.6) is 0 Å². The number of piperidine rings is 2. The van der Waals surface area contributed by atoms with Crippen LogP contribution in [0.15, 0.2) is 0 Å². The van der Waals surface area contributed by atoms with Gasteiger partial charge in [-0.2, -0.15) is 0 Å². The maximum Gasteiger partial charge on any atom is 0.225 e. The summed E-state index contributed by atoms with van der Waals surface area (Å²) in [6.07, 6.45) is 8.94. The zero-order valence-electron chi connectivity index (χ0n) is 11.4. The van der Waals surface area contributed by atoms with Crippen molar-refractivity contribution in [2.75, 3.05) is 26.2 Å². The summed E-state index contributed by atoms with van der Waals surface area (Å²) in [6, 6.07) is 0. The van der Waals surface area contributed by atoms with Gasteiger partial charge >= 0.3 is 0 Å². The standard InChI is InChI=1S/C15H26N2O/c18-15(13-5-8-16-9-6-13)17-10-7-12-3-1-2-4-14(12)11-17/h12-14,16H,1-11H2. The van der Waals surface area contributed by atoms with Crippen molar-refractivity contribution in [3.05, 3.63) is 0 Å². The lowest BCUT2D eigenvalue weighted by Crippen LogP contribution is -2.48. The zero-order valence-corrected chi connectivity index (χ0v) is 11.4. The Balaban J connectivity index is 1.57. The summed E-state index contributed by atoms with van der Waals surface area (Å²) in [4.78, 5) is 14.7. The van der Waals surface area contributed by atoms with Crippen molar-refractivity contribution >= 4 is 5.91 Å². The van der Waals surface area contributed by atoms with E-state index < -0.39 is 0 Å². The Morgan fingerprint density at radius 2 is 1.67 bits per heavy atom. The van der Waals surface area contributed by atoms with Crippen LogP contribution in [0.3, 0.4) is 0 Å². The largest absolute Gasteiger partial charge is 0.342 e. The third kappa shape index (κ3) is 2.56. The van der Waals surface area contributed by atoms with Crippen LogP contribution in [0.1, 0.15) is 44.9 Å². The van der Waals surface area contributed by atoms with Crippen LogP contribution in [0.2, 0.25) is 0 Å². The van der Waals surface area contributed by atoms with Gasteiger partial charge in [-0.3, -0.25) is 4.79 Å². The fourth-order valence-electron chi connectivity index (χ4n) is 4.13. The Kier molecular flexibility index (Phi) is 3.88. The molecule has 1 aliphatic carbocycles. The van der Waals surface area contributed by atoms with Crippen LogP contribution in [0, 0.1) is 17.8 Å². The van der Waals surface area contributed by atoms with Crippen LogP contribution in [-0.4, -0.2) is 37.0 Å². The molecule has 0 spiro atoms. The van der Waals surface area contributed by atoms with Gasteiger partial charge in [-0.15, -0.1) is 0 Å². The number of fused-ring (bicyclic) bond motifs is 1. The van der Waals surface area contributed by atoms with Crippen molar-refractivity contribution in [2.24, 2.45) is 17.8 Å². The molecule has 3 nitrogen and oxygen atoms in total. The van der Waals surface area contributed by atoms with Crippen molar-refractivity contribution in [3.8, 4) is 0 Å². The van der Waals surface area contributed by atoms with Crippen molar-refractivity contribution in [2.45, 2.75) is 44.9 Å². The molecule has 2 saturated heterocycles. The highest BCUT2D eigenvalue weighted by atomic mass is 16.2. The molecule has 2 atom stereocenters. The van der Waals surface area contributed by atoms with Crippen molar-refractivity contribution in [1.82, 2.24) is 10.2 Å². The molecule has 18 heavy (non-hydrogen) atoms. The average Bonchev–Trinajstić information content (AvgIpc) is 2.47. The first-order valence-corrected chi connectivity index (χ1v) is 7.84. The molecular formula is C15H26N2O. The van der Waals surface area contributed by atoms with Gasteiger partial charge < -0.3 is 10.2 Å². The molecule has 0 radical (unpaired) electrons. The second-order valence-corrected chi connectivity index (χ2v) is 6.40. The van der Waals surface area contributed by atoms with E-state index in [0.29, 0.717) is 11.8 Å². The first kappa shape index (κ1) is 12.5. The van der Waals surface area contributed by atoms with Crippen LogP contribution in [0.4, 0.5) is 0 Å². The second-order valence-electron chi connectivity index (χ2n) is 6.40. The van der Waals surface area contributed by atoms with Crippen LogP contribution >= 0.6 is 0 Å². The smallest absolute Gasteiger partial charge is 0.225 e. The minimum absolute atomic E-state index is 0.311. The van der Waals surface area contributed by atoms with Gasteiger partial charge in [0.05, 0.1) is 0 Å². The molecule has 2 unspecified atom stereocenters. The van der Waals surface area contributed by atoms with E-state index in [1.807, 2.05) is 0 Å². The molecule has 3 fully saturated rings. The quantitative estimate of drug-likeness (QED) is 0.772. The molecule has 3 rings (SSSR count). The SMILES string of the molecule is O=C(C1CCNCC1)N1CCC2CCCCC2C1. The van der Waals surface area contributed by atoms with E-state index in [1.165, 1.54) is 32.1 Å². The fourth-order valence-corrected chi connectivity index (χ4v) is 4.13. The number of amides is 1. The lowest BCUT2D eigenvalue weighted by atomic mass is 9.75. The van der Waals surface area contributed by atoms with Gasteiger partial charge in [0.25, 0.3) is 0 Å². The number of likely N-dealkylation sites (tertiary alicyclic amines) is 1. The number of nitrogens with one attached hydrogen (secondary N) is 1. The van der Waals surface area contributed by atoms with Gasteiger partial charge in [-0.05, 0) is 50.6 Å². The van der Waals surface area contributed by atoms with Gasteiger partial charge in [-0.1, -0.05) is 19.3 Å². The van der Waals surface area contributed by atoms with Crippen LogP contribution in [0.25, 0.3) is 0 Å². The molecule has 3 heteroatoms. The predicted molar refractivity (Wildman–Crippen MR) is 72.2 cm³/mol. The highest BCUT2D eigenvalue weighted by Gasteiger charge is 2.35. The van der Waals surface area contributed by atoms with E-state index >= 15 is 0 Å². The number of carbonyl (C=O) groups is 1. The van der Waals surface area contributed by atoms with Gasteiger partial charge in [0.1, 0.15) is 0 Å². The molecule has 2 aliphatic heterocycles. The minimum Gasteiger partial charge on any atom is -0.342 e. The molecule has 1 N–H and O–H groups in total. The summed E-state index contributed by atoms with van der Waals surface area (Å²) in [7, 11) is 0. The summed E-state index contributed by atoms with van der Waals surface area (Å²) in [6.45, 7) is 4.14. The van der Waals surface area contributed by atoms with Gasteiger partial charge in [-0.25, -0.2) is 0 Å². The van der Waals surface area contributed by atoms with Crippen molar-refractivity contribution < 1.29 is 4.79 Å². The number of rotatable bonds is 1. The summed E-state index contributed by atoms with van der Waals surface area (Å²) in [5, 5.41) is 3.35. The van der Waals surface area contributed by atoms with E-state index in [2.05, 4.69) is 10.2 Å². The Hall–Kier alpha value is -0.570. The third-order valence-corrected chi connectivity index (χ3v) is 5.29. The number of carbonyl (C=O) groups excluding carboxylic acids is 1. The lowest BCUT2D eigenvalue weighted by molar-refractivity contribution is -0.139. The monoisotopic (exact) mass is 250 g/mol. The summed E-state index contributed by atoms with van der Waals surface area (Å²) < 4.78 is 0. The van der Waals surface area contributed by atoms with Crippen molar-refractivity contribution in [1.29, 1.82) is 0 Å². The minimum atomic E-state index is 0.311. The van der Waals surface area contributed by atoms with Gasteiger partial charge in [0.2, 0.25) is 5.91 Å². The maximum atomic E-state index is 12.5. The van der Waals surface area contributed by atoms with E-state index in [1.54, 1.807) is 0 Å². The summed E-state index contributed by atoms with van der Waals surface area (Å²) in [5.74, 6) is 2.51. The third-order valence-electron chi connectivity index (χ3n) is 5.29. The maximum absolute atomic E-state index is 12.5. The number of nitrogens with zero attached hydrogens (tertiary/aromatic N) is 1. The van der Waals surface area contributed by atoms with Crippen LogP contribution < -0.4 is 5.32 Å². The molecule has 1 saturated carbocycles. The number of hydrogen-bond acceptors (Lipinski definition) is 2. The molecule has 0 aromatic heterocycles.